The fourth-order valence-electron chi connectivity index (χ4n) is 1.80. The van der Waals surface area contributed by atoms with Gasteiger partial charge in [-0.2, -0.15) is 0 Å². The Kier molecular flexibility index (Phi) is 7.68. The Bertz CT molecular complexity index is 764. The van der Waals surface area contributed by atoms with Crippen molar-refractivity contribution >= 4 is 45.4 Å². The van der Waals surface area contributed by atoms with E-state index in [4.69, 9.17) is 5.73 Å². The van der Waals surface area contributed by atoms with Crippen molar-refractivity contribution in [2.75, 3.05) is 17.8 Å². The van der Waals surface area contributed by atoms with Crippen LogP contribution in [-0.4, -0.2) is 27.4 Å². The molecule has 0 bridgehead atoms. The van der Waals surface area contributed by atoms with Gasteiger partial charge in [-0.15, -0.1) is 23.7 Å². The van der Waals surface area contributed by atoms with Gasteiger partial charge in [-0.1, -0.05) is 19.1 Å². The van der Waals surface area contributed by atoms with Crippen LogP contribution in [0.15, 0.2) is 46.0 Å². The van der Waals surface area contributed by atoms with Crippen molar-refractivity contribution in [2.24, 2.45) is 11.7 Å². The molecule has 132 valence electrons. The highest BCUT2D eigenvalue weighted by molar-refractivity contribution is 7.94. The summed E-state index contributed by atoms with van der Waals surface area (Å²) < 4.78 is 27.1. The van der Waals surface area contributed by atoms with Gasteiger partial charge in [0, 0.05) is 17.8 Å². The Morgan fingerprint density at radius 3 is 2.67 bits per heavy atom. The highest BCUT2D eigenvalue weighted by Crippen LogP contribution is 2.20. The molecule has 1 heterocycles. The zero-order chi connectivity index (χ0) is 16.9. The molecule has 6 nitrogen and oxygen atoms in total. The zero-order valence-electron chi connectivity index (χ0n) is 13.1. The van der Waals surface area contributed by atoms with E-state index in [0.717, 1.165) is 11.3 Å². The van der Waals surface area contributed by atoms with Crippen molar-refractivity contribution in [3.05, 3.63) is 47.3 Å². The molecule has 1 aromatic heterocycles. The third-order valence-corrected chi connectivity index (χ3v) is 5.93. The number of halogens is 1. The maximum Gasteiger partial charge on any atom is 0.271 e. The first-order chi connectivity index (χ1) is 10.9. The van der Waals surface area contributed by atoms with E-state index in [9.17, 15) is 13.2 Å². The van der Waals surface area contributed by atoms with Crippen LogP contribution in [0.3, 0.4) is 0 Å². The fourth-order valence-corrected chi connectivity index (χ4v) is 3.84. The molecule has 24 heavy (non-hydrogen) atoms. The second-order valence-electron chi connectivity index (χ2n) is 5.17. The van der Waals surface area contributed by atoms with E-state index in [1.807, 2.05) is 6.92 Å². The van der Waals surface area contributed by atoms with E-state index in [1.165, 1.54) is 12.1 Å². The largest absolute Gasteiger partial charge is 0.352 e. The van der Waals surface area contributed by atoms with Crippen molar-refractivity contribution in [1.82, 2.24) is 5.32 Å². The van der Waals surface area contributed by atoms with Crippen molar-refractivity contribution in [3.63, 3.8) is 0 Å². The molecule has 2 aromatic rings. The molecule has 0 radical (unpaired) electrons. The van der Waals surface area contributed by atoms with Gasteiger partial charge in [0.25, 0.3) is 15.9 Å². The first-order valence-corrected chi connectivity index (χ1v) is 9.43. The van der Waals surface area contributed by atoms with Gasteiger partial charge in [0.15, 0.2) is 0 Å². The first kappa shape index (κ1) is 20.4. The van der Waals surface area contributed by atoms with Crippen molar-refractivity contribution in [3.8, 4) is 0 Å². The molecule has 9 heteroatoms. The minimum absolute atomic E-state index is 0. The van der Waals surface area contributed by atoms with Gasteiger partial charge in [0.05, 0.1) is 0 Å². The van der Waals surface area contributed by atoms with Crippen LogP contribution >= 0.6 is 23.7 Å². The molecule has 1 unspecified atom stereocenters. The summed E-state index contributed by atoms with van der Waals surface area (Å²) in [6.45, 7) is 2.90. The number of amides is 1. The van der Waals surface area contributed by atoms with Crippen LogP contribution in [0.5, 0.6) is 0 Å². The smallest absolute Gasteiger partial charge is 0.271 e. The van der Waals surface area contributed by atoms with E-state index in [2.05, 4.69) is 10.0 Å². The standard InChI is InChI=1S/C15H19N3O3S2.ClH/c1-11(9-16)10-17-15(19)12-4-2-5-13(8-12)18-23(20,21)14-6-3-7-22-14;/h2-8,11,18H,9-10,16H2,1H3,(H,17,19);1H. The van der Waals surface area contributed by atoms with Crippen LogP contribution in [0.1, 0.15) is 17.3 Å². The van der Waals surface area contributed by atoms with E-state index >= 15 is 0 Å². The van der Waals surface area contributed by atoms with Gasteiger partial charge in [-0.25, -0.2) is 8.42 Å². The summed E-state index contributed by atoms with van der Waals surface area (Å²) in [5, 5.41) is 4.46. The molecule has 0 spiro atoms. The van der Waals surface area contributed by atoms with Crippen molar-refractivity contribution in [1.29, 1.82) is 0 Å². The third kappa shape index (κ3) is 5.48. The number of nitrogens with one attached hydrogen (secondary N) is 2. The SMILES string of the molecule is CC(CN)CNC(=O)c1cccc(NS(=O)(=O)c2cccs2)c1.Cl. The van der Waals surface area contributed by atoms with Gasteiger partial charge in [0.2, 0.25) is 0 Å². The van der Waals surface area contributed by atoms with E-state index in [1.54, 1.807) is 29.6 Å². The molecule has 1 aromatic carbocycles. The number of benzene rings is 1. The number of nitrogens with two attached hydrogens (primary N) is 1. The molecular weight excluding hydrogens is 370 g/mol. The molecule has 1 atom stereocenters. The van der Waals surface area contributed by atoms with Crippen LogP contribution < -0.4 is 15.8 Å². The summed E-state index contributed by atoms with van der Waals surface area (Å²) in [6, 6.07) is 9.57. The van der Waals surface area contributed by atoms with Crippen LogP contribution in [0.2, 0.25) is 0 Å². The Balaban J connectivity index is 0.00000288. The molecule has 0 aliphatic carbocycles. The van der Waals surface area contributed by atoms with Crippen LogP contribution in [0, 0.1) is 5.92 Å². The molecule has 2 rings (SSSR count). The van der Waals surface area contributed by atoms with Gasteiger partial charge in [0.1, 0.15) is 4.21 Å². The molecular formula is C15H20ClN3O3S2. The summed E-state index contributed by atoms with van der Waals surface area (Å²) in [5.74, 6) is -0.0815. The van der Waals surface area contributed by atoms with E-state index < -0.39 is 10.0 Å². The lowest BCUT2D eigenvalue weighted by atomic mass is 10.1. The molecule has 0 saturated carbocycles. The summed E-state index contributed by atoms with van der Waals surface area (Å²) in [6.07, 6.45) is 0. The lowest BCUT2D eigenvalue weighted by molar-refractivity contribution is 0.0948. The highest BCUT2D eigenvalue weighted by atomic mass is 35.5. The Morgan fingerprint density at radius 2 is 2.04 bits per heavy atom. The molecule has 0 aliphatic rings. The van der Waals surface area contributed by atoms with Crippen molar-refractivity contribution < 1.29 is 13.2 Å². The monoisotopic (exact) mass is 389 g/mol. The van der Waals surface area contributed by atoms with Crippen LogP contribution in [0.4, 0.5) is 5.69 Å². The van der Waals surface area contributed by atoms with Gasteiger partial charge in [-0.05, 0) is 42.1 Å². The second kappa shape index (κ2) is 9.03. The maximum atomic E-state index is 12.2. The van der Waals surface area contributed by atoms with Gasteiger partial charge >= 0.3 is 0 Å². The number of rotatable bonds is 7. The highest BCUT2D eigenvalue weighted by Gasteiger charge is 2.16. The lowest BCUT2D eigenvalue weighted by Gasteiger charge is -2.11. The van der Waals surface area contributed by atoms with E-state index in [0.29, 0.717) is 24.3 Å². The fraction of sp³-hybridized carbons (Fsp3) is 0.267. The molecule has 0 saturated heterocycles. The topological polar surface area (TPSA) is 101 Å². The summed E-state index contributed by atoms with van der Waals surface area (Å²) in [5.41, 5.74) is 6.24. The number of sulfonamides is 1. The van der Waals surface area contributed by atoms with E-state index in [-0.39, 0.29) is 28.4 Å². The number of thiophene rings is 1. The number of hydrogen-bond donors (Lipinski definition) is 3. The molecule has 0 aliphatic heterocycles. The summed E-state index contributed by atoms with van der Waals surface area (Å²) in [7, 11) is -3.62. The number of hydrogen-bond acceptors (Lipinski definition) is 5. The third-order valence-electron chi connectivity index (χ3n) is 3.15. The minimum atomic E-state index is -3.62. The Hall–Kier alpha value is -1.61. The zero-order valence-corrected chi connectivity index (χ0v) is 15.5. The normalized spacial score (nSPS) is 12.1. The second-order valence-corrected chi connectivity index (χ2v) is 8.03. The molecule has 4 N–H and O–H groups in total. The van der Waals surface area contributed by atoms with Crippen LogP contribution in [0.25, 0.3) is 0 Å². The predicted octanol–water partition coefficient (Wildman–Crippen LogP) is 2.30. The number of carbonyl (C=O) groups excluding carboxylic acids is 1. The molecule has 0 fully saturated rings. The van der Waals surface area contributed by atoms with Crippen LogP contribution in [-0.2, 0) is 10.0 Å². The quantitative estimate of drug-likeness (QED) is 0.676. The summed E-state index contributed by atoms with van der Waals surface area (Å²) >= 11 is 1.13. The average molecular weight is 390 g/mol. The van der Waals surface area contributed by atoms with Gasteiger partial charge in [-0.3, -0.25) is 9.52 Å². The number of carbonyl (C=O) groups is 1. The Labute approximate surface area is 151 Å². The lowest BCUT2D eigenvalue weighted by Crippen LogP contribution is -2.31. The molecule has 1 amide bonds. The van der Waals surface area contributed by atoms with Gasteiger partial charge < -0.3 is 11.1 Å². The minimum Gasteiger partial charge on any atom is -0.352 e. The number of anilines is 1. The Morgan fingerprint density at radius 1 is 1.29 bits per heavy atom. The first-order valence-electron chi connectivity index (χ1n) is 7.07. The average Bonchev–Trinajstić information content (AvgIpc) is 3.07. The van der Waals surface area contributed by atoms with Crippen molar-refractivity contribution in [2.45, 2.75) is 11.1 Å². The predicted molar refractivity (Wildman–Crippen MR) is 99.4 cm³/mol. The summed E-state index contributed by atoms with van der Waals surface area (Å²) in [4.78, 5) is 12.1. The maximum absolute atomic E-state index is 12.2.